The summed E-state index contributed by atoms with van der Waals surface area (Å²) in [6.45, 7) is 8.63. The van der Waals surface area contributed by atoms with Gasteiger partial charge in [-0.05, 0) is 125 Å². The minimum Gasteiger partial charge on any atom is -0.310 e. The molecular weight excluding hydrogens is 759 g/mol. The van der Waals surface area contributed by atoms with E-state index in [1.807, 2.05) is 0 Å². The Kier molecular flexibility index (Phi) is 11.9. The van der Waals surface area contributed by atoms with Gasteiger partial charge >= 0.3 is 0 Å². The zero-order valence-electron chi connectivity index (χ0n) is 36.5. The Morgan fingerprint density at radius 3 is 1.56 bits per heavy atom. The summed E-state index contributed by atoms with van der Waals surface area (Å²) in [6.07, 6.45) is 8.95. The van der Waals surface area contributed by atoms with Crippen molar-refractivity contribution in [3.8, 4) is 11.1 Å². The number of fused-ring (bicyclic) bond motifs is 1. The Balaban J connectivity index is 1.16. The van der Waals surface area contributed by atoms with Crippen LogP contribution in [0.5, 0.6) is 0 Å². The molecule has 0 unspecified atom stereocenters. The van der Waals surface area contributed by atoms with Gasteiger partial charge in [0.15, 0.2) is 0 Å². The molecule has 0 aliphatic rings. The molecule has 0 amide bonds. The lowest BCUT2D eigenvalue weighted by molar-refractivity contribution is 1.29. The first-order valence-electron chi connectivity index (χ1n) is 21.8. The lowest BCUT2D eigenvalue weighted by Crippen LogP contribution is -2.11. The molecule has 0 N–H and O–H groups in total. The molecule has 0 atom stereocenters. The minimum absolute atomic E-state index is 1.09. The molecule has 1 heteroatoms. The van der Waals surface area contributed by atoms with Crippen LogP contribution in [0.2, 0.25) is 0 Å². The van der Waals surface area contributed by atoms with Crippen molar-refractivity contribution < 1.29 is 0 Å². The number of hydrogen-bond donors (Lipinski definition) is 0. The maximum atomic E-state index is 2.42. The van der Waals surface area contributed by atoms with Crippen LogP contribution in [0.4, 0.5) is 17.1 Å². The first-order chi connectivity index (χ1) is 30.9. The molecule has 9 aromatic carbocycles. The minimum atomic E-state index is 1.09. The first-order valence-corrected chi connectivity index (χ1v) is 21.8. The Bertz CT molecular complexity index is 3010. The predicted molar refractivity (Wildman–Crippen MR) is 272 cm³/mol. The summed E-state index contributed by atoms with van der Waals surface area (Å²) in [6, 6.07) is 77.1. The van der Waals surface area contributed by atoms with E-state index in [9.17, 15) is 0 Å². The molecule has 63 heavy (non-hydrogen) atoms. The van der Waals surface area contributed by atoms with Crippen LogP contribution in [0.1, 0.15) is 55.6 Å². The zero-order chi connectivity index (χ0) is 43.1. The van der Waals surface area contributed by atoms with Crippen LogP contribution in [-0.2, 0) is 0 Å². The van der Waals surface area contributed by atoms with Crippen molar-refractivity contribution >= 4 is 51.1 Å². The highest BCUT2D eigenvalue weighted by Gasteiger charge is 2.18. The monoisotopic (exact) mass is 809 g/mol. The average Bonchev–Trinajstić information content (AvgIpc) is 3.32. The van der Waals surface area contributed by atoms with Gasteiger partial charge in [-0.2, -0.15) is 0 Å². The number of nitrogens with zero attached hydrogens (tertiary/aromatic N) is 1. The second kappa shape index (κ2) is 18.5. The Morgan fingerprint density at radius 2 is 0.937 bits per heavy atom. The van der Waals surface area contributed by atoms with Crippen LogP contribution in [0.15, 0.2) is 224 Å². The normalized spacial score (nSPS) is 11.1. The van der Waals surface area contributed by atoms with E-state index in [0.29, 0.717) is 0 Å². The van der Waals surface area contributed by atoms with E-state index < -0.39 is 0 Å². The highest BCUT2D eigenvalue weighted by molar-refractivity contribution is 6.06. The smallest absolute Gasteiger partial charge is 0.0540 e. The van der Waals surface area contributed by atoms with E-state index in [4.69, 9.17) is 0 Å². The fourth-order valence-corrected chi connectivity index (χ4v) is 8.41. The van der Waals surface area contributed by atoms with E-state index >= 15 is 0 Å². The van der Waals surface area contributed by atoms with Gasteiger partial charge in [0, 0.05) is 16.8 Å². The van der Waals surface area contributed by atoms with E-state index in [2.05, 4.69) is 269 Å². The Hall–Kier alpha value is -7.74. The number of aryl methyl sites for hydroxylation is 4. The fraction of sp³-hybridized carbons (Fsp3) is 0.0645. The van der Waals surface area contributed by atoms with Gasteiger partial charge in [0.1, 0.15) is 0 Å². The summed E-state index contributed by atoms with van der Waals surface area (Å²) in [7, 11) is 0. The number of hydrogen-bond acceptors (Lipinski definition) is 1. The molecular formula is C62H51N. The zero-order valence-corrected chi connectivity index (χ0v) is 36.5. The van der Waals surface area contributed by atoms with Gasteiger partial charge in [0.05, 0.1) is 5.69 Å². The van der Waals surface area contributed by atoms with Gasteiger partial charge in [-0.1, -0.05) is 222 Å². The second-order valence-corrected chi connectivity index (χ2v) is 16.5. The molecule has 0 heterocycles. The van der Waals surface area contributed by atoms with Crippen molar-refractivity contribution in [3.05, 3.63) is 280 Å². The topological polar surface area (TPSA) is 3.24 Å². The molecule has 0 aliphatic carbocycles. The quantitative estimate of drug-likeness (QED) is 0.0929. The first kappa shape index (κ1) is 40.7. The van der Waals surface area contributed by atoms with Crippen LogP contribution >= 0.6 is 0 Å². The highest BCUT2D eigenvalue weighted by atomic mass is 15.1. The largest absolute Gasteiger partial charge is 0.310 e. The maximum Gasteiger partial charge on any atom is 0.0540 e. The molecule has 0 aliphatic heterocycles. The van der Waals surface area contributed by atoms with Gasteiger partial charge in [-0.3, -0.25) is 0 Å². The lowest BCUT2D eigenvalue weighted by Gasteiger charge is -2.28. The lowest BCUT2D eigenvalue weighted by atomic mass is 9.92. The summed E-state index contributed by atoms with van der Waals surface area (Å²) < 4.78 is 0. The van der Waals surface area contributed by atoms with E-state index in [-0.39, 0.29) is 0 Å². The molecule has 304 valence electrons. The average molecular weight is 810 g/mol. The number of allylic oxidation sites excluding steroid dienone is 2. The molecule has 9 rings (SSSR count). The van der Waals surface area contributed by atoms with Crippen LogP contribution in [-0.4, -0.2) is 0 Å². The third-order valence-electron chi connectivity index (χ3n) is 11.8. The summed E-state index contributed by atoms with van der Waals surface area (Å²) in [5, 5.41) is 2.40. The fourth-order valence-electron chi connectivity index (χ4n) is 8.41. The molecule has 1 nitrogen and oxygen atoms in total. The van der Waals surface area contributed by atoms with Gasteiger partial charge in [0.25, 0.3) is 0 Å². The second-order valence-electron chi connectivity index (χ2n) is 16.5. The summed E-state index contributed by atoms with van der Waals surface area (Å²) in [5.74, 6) is 0. The third-order valence-corrected chi connectivity index (χ3v) is 11.8. The van der Waals surface area contributed by atoms with E-state index in [1.165, 1.54) is 83.1 Å². The van der Waals surface area contributed by atoms with Gasteiger partial charge in [0.2, 0.25) is 0 Å². The van der Waals surface area contributed by atoms with Crippen LogP contribution in [0, 0.1) is 27.7 Å². The van der Waals surface area contributed by atoms with Crippen molar-refractivity contribution in [3.63, 3.8) is 0 Å². The van der Waals surface area contributed by atoms with Crippen molar-refractivity contribution in [1.82, 2.24) is 0 Å². The molecule has 9 aromatic rings. The maximum absolute atomic E-state index is 2.42. The standard InChI is InChI=1S/C62H51N/c1-44-24-31-51(32-25-44)60(52-33-26-45(2)27-34-52)43-55-35-39-62(59-38-28-47(4)41-61(55)59)63(57-22-13-21-54(42-57)53-20-11-14-46(3)40-53)56-36-29-48(30-37-56)15-12-23-58(49-16-7-5-8-17-49)50-18-9-6-10-19-50/h5-43H,1-4H3/b15-12+. The van der Waals surface area contributed by atoms with Gasteiger partial charge in [-0.25, -0.2) is 0 Å². The summed E-state index contributed by atoms with van der Waals surface area (Å²) >= 11 is 0. The SMILES string of the molecule is Cc1ccc(C(=Cc2ccc(N(c3ccc(/C=C/C=C(c4ccccc4)c4ccccc4)cc3)c3cccc(-c4cccc(C)c4)c3)c3ccc(C)cc23)c2ccc(C)cc2)cc1. The summed E-state index contributed by atoms with van der Waals surface area (Å²) in [5.41, 5.74) is 20.1. The van der Waals surface area contributed by atoms with Crippen LogP contribution in [0.3, 0.4) is 0 Å². The van der Waals surface area contributed by atoms with E-state index in [1.54, 1.807) is 0 Å². The molecule has 0 fully saturated rings. The van der Waals surface area contributed by atoms with Crippen LogP contribution in [0.25, 0.3) is 45.2 Å². The molecule has 0 saturated carbocycles. The summed E-state index contributed by atoms with van der Waals surface area (Å²) in [4.78, 5) is 2.42. The molecule has 0 saturated heterocycles. The molecule has 0 aromatic heterocycles. The number of anilines is 3. The van der Waals surface area contributed by atoms with Crippen molar-refractivity contribution in [2.24, 2.45) is 0 Å². The number of rotatable bonds is 11. The third kappa shape index (κ3) is 9.30. The predicted octanol–water partition coefficient (Wildman–Crippen LogP) is 16.9. The Labute approximate surface area is 373 Å². The molecule has 0 spiro atoms. The highest BCUT2D eigenvalue weighted by Crippen LogP contribution is 2.42. The van der Waals surface area contributed by atoms with Gasteiger partial charge < -0.3 is 4.90 Å². The van der Waals surface area contributed by atoms with Crippen LogP contribution < -0.4 is 4.90 Å². The van der Waals surface area contributed by atoms with E-state index in [0.717, 1.165) is 22.6 Å². The van der Waals surface area contributed by atoms with Gasteiger partial charge in [-0.15, -0.1) is 0 Å². The van der Waals surface area contributed by atoms with Crippen molar-refractivity contribution in [2.75, 3.05) is 4.90 Å². The molecule has 0 bridgehead atoms. The van der Waals surface area contributed by atoms with Crippen molar-refractivity contribution in [1.29, 1.82) is 0 Å². The number of benzene rings is 9. The molecule has 0 radical (unpaired) electrons. The van der Waals surface area contributed by atoms with Crippen molar-refractivity contribution in [2.45, 2.75) is 27.7 Å². The Morgan fingerprint density at radius 1 is 0.381 bits per heavy atom.